The first-order valence-corrected chi connectivity index (χ1v) is 9.11. The van der Waals surface area contributed by atoms with Gasteiger partial charge in [0.15, 0.2) is 0 Å². The van der Waals surface area contributed by atoms with Crippen molar-refractivity contribution < 1.29 is 0 Å². The maximum atomic E-state index is 4.57. The molecule has 120 valence electrons. The Hall–Kier alpha value is -2.39. The average molecular weight is 332 g/mol. The lowest BCUT2D eigenvalue weighted by Crippen LogP contribution is -1.94. The molecule has 4 rings (SSSR count). The number of fused-ring (bicyclic) bond motifs is 2. The number of pyridine rings is 1. The Morgan fingerprint density at radius 1 is 1.00 bits per heavy atom. The molecule has 0 aliphatic heterocycles. The van der Waals surface area contributed by atoms with E-state index in [9.17, 15) is 0 Å². The second-order valence-electron chi connectivity index (χ2n) is 6.26. The number of nitrogens with zero attached hydrogens (tertiary/aromatic N) is 1. The van der Waals surface area contributed by atoms with Crippen LogP contribution in [0.3, 0.4) is 0 Å². The summed E-state index contributed by atoms with van der Waals surface area (Å²) in [7, 11) is 0. The lowest BCUT2D eigenvalue weighted by molar-refractivity contribution is 1.19. The molecule has 2 nitrogen and oxygen atoms in total. The predicted octanol–water partition coefficient (Wildman–Crippen LogP) is 6.37. The Balaban J connectivity index is 1.83. The minimum Gasteiger partial charge on any atom is -0.355 e. The molecule has 0 aliphatic carbocycles. The molecule has 24 heavy (non-hydrogen) atoms. The third kappa shape index (κ3) is 2.65. The smallest absolute Gasteiger partial charge is 0.0729 e. The summed E-state index contributed by atoms with van der Waals surface area (Å²) in [4.78, 5) is 5.99. The number of thiophene rings is 1. The number of aryl methyl sites for hydroxylation is 3. The summed E-state index contributed by atoms with van der Waals surface area (Å²) >= 11 is 1.88. The standard InChI is InChI=1S/C21H20N2S/c1-4-17-10-15-11-20-18(12-21(15)24-17)19(7-8-22-20)23-16-6-5-13(2)14(3)9-16/h5-12H,4H2,1-3H3,(H,22,23). The van der Waals surface area contributed by atoms with Crippen LogP contribution in [0.25, 0.3) is 21.0 Å². The molecule has 2 heterocycles. The molecule has 0 bridgehead atoms. The number of benzene rings is 2. The number of hydrogen-bond donors (Lipinski definition) is 1. The average Bonchev–Trinajstić information content (AvgIpc) is 2.99. The van der Waals surface area contributed by atoms with Gasteiger partial charge < -0.3 is 5.32 Å². The third-order valence-electron chi connectivity index (χ3n) is 4.57. The summed E-state index contributed by atoms with van der Waals surface area (Å²) < 4.78 is 1.33. The molecular weight excluding hydrogens is 312 g/mol. The normalized spacial score (nSPS) is 11.3. The summed E-state index contributed by atoms with van der Waals surface area (Å²) in [6.45, 7) is 6.49. The molecule has 0 fully saturated rings. The molecule has 0 spiro atoms. The Labute approximate surface area is 146 Å². The molecule has 0 saturated heterocycles. The van der Waals surface area contributed by atoms with Crippen molar-refractivity contribution in [1.29, 1.82) is 0 Å². The predicted molar refractivity (Wildman–Crippen MR) is 106 cm³/mol. The lowest BCUT2D eigenvalue weighted by atomic mass is 10.1. The first kappa shape index (κ1) is 15.2. The fraction of sp³-hybridized carbons (Fsp3) is 0.190. The third-order valence-corrected chi connectivity index (χ3v) is 5.81. The van der Waals surface area contributed by atoms with Crippen LogP contribution in [0.4, 0.5) is 11.4 Å². The lowest BCUT2D eigenvalue weighted by Gasteiger charge is -2.11. The van der Waals surface area contributed by atoms with Crippen molar-refractivity contribution >= 4 is 43.7 Å². The second-order valence-corrected chi connectivity index (χ2v) is 7.42. The zero-order valence-electron chi connectivity index (χ0n) is 14.2. The molecule has 0 aliphatic rings. The topological polar surface area (TPSA) is 24.9 Å². The van der Waals surface area contributed by atoms with Crippen LogP contribution in [0.1, 0.15) is 22.9 Å². The Morgan fingerprint density at radius 2 is 1.88 bits per heavy atom. The summed E-state index contributed by atoms with van der Waals surface area (Å²) in [5, 5.41) is 6.03. The molecule has 0 saturated carbocycles. The number of rotatable bonds is 3. The van der Waals surface area contributed by atoms with Crippen LogP contribution >= 0.6 is 11.3 Å². The van der Waals surface area contributed by atoms with Gasteiger partial charge in [-0.05, 0) is 73.2 Å². The first-order chi connectivity index (χ1) is 11.6. The summed E-state index contributed by atoms with van der Waals surface area (Å²) in [6, 6.07) is 15.3. The van der Waals surface area contributed by atoms with E-state index >= 15 is 0 Å². The molecule has 2 aromatic carbocycles. The molecule has 1 N–H and O–H groups in total. The minimum atomic E-state index is 1.04. The van der Waals surface area contributed by atoms with Crippen LogP contribution in [-0.4, -0.2) is 4.98 Å². The molecular formula is C21H20N2S. The highest BCUT2D eigenvalue weighted by Gasteiger charge is 2.08. The molecule has 0 radical (unpaired) electrons. The molecule has 0 amide bonds. The van der Waals surface area contributed by atoms with Crippen molar-refractivity contribution in [3.05, 3.63) is 64.7 Å². The van der Waals surface area contributed by atoms with Gasteiger partial charge in [0.05, 0.1) is 5.52 Å². The van der Waals surface area contributed by atoms with Gasteiger partial charge in [-0.1, -0.05) is 13.0 Å². The van der Waals surface area contributed by atoms with E-state index in [1.165, 1.54) is 31.5 Å². The zero-order chi connectivity index (χ0) is 16.7. The molecule has 2 aromatic heterocycles. The summed E-state index contributed by atoms with van der Waals surface area (Å²) in [5.41, 5.74) is 5.87. The van der Waals surface area contributed by atoms with Gasteiger partial charge in [0.2, 0.25) is 0 Å². The van der Waals surface area contributed by atoms with Crippen LogP contribution in [-0.2, 0) is 6.42 Å². The molecule has 0 unspecified atom stereocenters. The van der Waals surface area contributed by atoms with E-state index in [-0.39, 0.29) is 0 Å². The highest BCUT2D eigenvalue weighted by molar-refractivity contribution is 7.19. The fourth-order valence-corrected chi connectivity index (χ4v) is 4.02. The van der Waals surface area contributed by atoms with Crippen LogP contribution in [0.5, 0.6) is 0 Å². The number of anilines is 2. The van der Waals surface area contributed by atoms with Crippen LogP contribution in [0.2, 0.25) is 0 Å². The van der Waals surface area contributed by atoms with Gasteiger partial charge in [-0.2, -0.15) is 0 Å². The maximum Gasteiger partial charge on any atom is 0.0729 e. The van der Waals surface area contributed by atoms with Crippen molar-refractivity contribution in [1.82, 2.24) is 4.98 Å². The molecule has 4 aromatic rings. The molecule has 0 atom stereocenters. The van der Waals surface area contributed by atoms with E-state index in [1.54, 1.807) is 0 Å². The van der Waals surface area contributed by atoms with E-state index in [2.05, 4.69) is 73.5 Å². The van der Waals surface area contributed by atoms with Crippen LogP contribution in [0, 0.1) is 13.8 Å². The van der Waals surface area contributed by atoms with Crippen molar-refractivity contribution in [3.63, 3.8) is 0 Å². The van der Waals surface area contributed by atoms with Gasteiger partial charge in [0.1, 0.15) is 0 Å². The number of hydrogen-bond acceptors (Lipinski definition) is 3. The van der Waals surface area contributed by atoms with E-state index in [4.69, 9.17) is 0 Å². The van der Waals surface area contributed by atoms with Gasteiger partial charge in [-0.15, -0.1) is 11.3 Å². The van der Waals surface area contributed by atoms with Crippen LogP contribution < -0.4 is 5.32 Å². The fourth-order valence-electron chi connectivity index (χ4n) is 2.99. The van der Waals surface area contributed by atoms with E-state index in [0.29, 0.717) is 0 Å². The Kier molecular flexibility index (Phi) is 3.73. The van der Waals surface area contributed by atoms with Gasteiger partial charge in [-0.25, -0.2) is 0 Å². The molecule has 3 heteroatoms. The Morgan fingerprint density at radius 3 is 2.67 bits per heavy atom. The highest BCUT2D eigenvalue weighted by atomic mass is 32.1. The first-order valence-electron chi connectivity index (χ1n) is 8.29. The highest BCUT2D eigenvalue weighted by Crippen LogP contribution is 2.33. The van der Waals surface area contributed by atoms with Gasteiger partial charge in [0.25, 0.3) is 0 Å². The van der Waals surface area contributed by atoms with Crippen LogP contribution in [0.15, 0.2) is 48.7 Å². The van der Waals surface area contributed by atoms with Gasteiger partial charge in [-0.3, -0.25) is 4.98 Å². The largest absolute Gasteiger partial charge is 0.355 e. The van der Waals surface area contributed by atoms with E-state index in [1.807, 2.05) is 17.5 Å². The quantitative estimate of drug-likeness (QED) is 0.471. The SMILES string of the molecule is CCc1cc2cc3nccc(Nc4ccc(C)c(C)c4)c3cc2s1. The number of nitrogens with one attached hydrogen (secondary N) is 1. The van der Waals surface area contributed by atoms with Crippen molar-refractivity contribution in [3.8, 4) is 0 Å². The van der Waals surface area contributed by atoms with Gasteiger partial charge >= 0.3 is 0 Å². The van der Waals surface area contributed by atoms with Crippen molar-refractivity contribution in [2.75, 3.05) is 5.32 Å². The summed E-state index contributed by atoms with van der Waals surface area (Å²) in [6.07, 6.45) is 2.96. The zero-order valence-corrected chi connectivity index (χ0v) is 15.0. The Bertz CT molecular complexity index is 1050. The number of aromatic nitrogens is 1. The second kappa shape index (κ2) is 5.91. The van der Waals surface area contributed by atoms with E-state index < -0.39 is 0 Å². The van der Waals surface area contributed by atoms with Crippen molar-refractivity contribution in [2.45, 2.75) is 27.2 Å². The monoisotopic (exact) mass is 332 g/mol. The van der Waals surface area contributed by atoms with E-state index in [0.717, 1.165) is 23.3 Å². The summed E-state index contributed by atoms with van der Waals surface area (Å²) in [5.74, 6) is 0. The maximum absolute atomic E-state index is 4.57. The van der Waals surface area contributed by atoms with Crippen molar-refractivity contribution in [2.24, 2.45) is 0 Å². The minimum absolute atomic E-state index is 1.04. The van der Waals surface area contributed by atoms with Gasteiger partial charge in [0, 0.05) is 32.5 Å².